The highest BCUT2D eigenvalue weighted by Gasteiger charge is 2.15. The molecule has 4 heteroatoms. The molecule has 0 aliphatic carbocycles. The van der Waals surface area contributed by atoms with E-state index < -0.39 is 0 Å². The van der Waals surface area contributed by atoms with Crippen LogP contribution in [0, 0.1) is 0 Å². The number of hydrogen-bond acceptors (Lipinski definition) is 4. The van der Waals surface area contributed by atoms with E-state index in [9.17, 15) is 0 Å². The number of nitrogens with zero attached hydrogens (tertiary/aromatic N) is 1. The third-order valence-electron chi connectivity index (χ3n) is 1.79. The number of thiazole rings is 1. The molecule has 0 aromatic carbocycles. The minimum atomic E-state index is 0.434. The van der Waals surface area contributed by atoms with Crippen LogP contribution in [0.1, 0.15) is 11.0 Å². The van der Waals surface area contributed by atoms with Crippen LogP contribution in [0.3, 0.4) is 0 Å². The summed E-state index contributed by atoms with van der Waals surface area (Å²) in [7, 11) is 0. The molecule has 1 aliphatic rings. The van der Waals surface area contributed by atoms with Gasteiger partial charge in [0.25, 0.3) is 0 Å². The van der Waals surface area contributed by atoms with Crippen LogP contribution in [0.4, 0.5) is 0 Å². The van der Waals surface area contributed by atoms with Crippen LogP contribution in [-0.4, -0.2) is 24.6 Å². The molecule has 1 unspecified atom stereocenters. The van der Waals surface area contributed by atoms with Gasteiger partial charge in [-0.15, -0.1) is 11.3 Å². The molecule has 1 aromatic heterocycles. The Kier molecular flexibility index (Phi) is 2.16. The Labute approximate surface area is 69.8 Å². The maximum absolute atomic E-state index is 4.26. The fraction of sp³-hybridized carbons (Fsp3) is 0.571. The molecule has 11 heavy (non-hydrogen) atoms. The second-order valence-corrected chi connectivity index (χ2v) is 3.51. The number of rotatable bonds is 1. The third kappa shape index (κ3) is 1.58. The molecule has 3 nitrogen and oxygen atoms in total. The molecule has 0 amide bonds. The molecule has 1 atom stereocenters. The first-order chi connectivity index (χ1) is 5.47. The predicted molar refractivity (Wildman–Crippen MR) is 45.7 cm³/mol. The number of hydrogen-bond donors (Lipinski definition) is 2. The Morgan fingerprint density at radius 1 is 1.55 bits per heavy atom. The molecule has 0 saturated carbocycles. The fourth-order valence-corrected chi connectivity index (χ4v) is 1.95. The summed E-state index contributed by atoms with van der Waals surface area (Å²) >= 11 is 1.72. The SMILES string of the molecule is c1csc(C2CNCCN2)n1. The van der Waals surface area contributed by atoms with Gasteiger partial charge in [0.15, 0.2) is 0 Å². The van der Waals surface area contributed by atoms with E-state index in [0.717, 1.165) is 19.6 Å². The van der Waals surface area contributed by atoms with Gasteiger partial charge in [0.1, 0.15) is 5.01 Å². The Morgan fingerprint density at radius 2 is 2.55 bits per heavy atom. The lowest BCUT2D eigenvalue weighted by atomic mass is 10.2. The van der Waals surface area contributed by atoms with Gasteiger partial charge >= 0.3 is 0 Å². The topological polar surface area (TPSA) is 37.0 Å². The molecular formula is C7H11N3S. The number of nitrogens with one attached hydrogen (secondary N) is 2. The Bertz CT molecular complexity index is 203. The van der Waals surface area contributed by atoms with E-state index in [1.165, 1.54) is 5.01 Å². The standard InChI is InChI=1S/C7H11N3S/c1-2-9-6(5-8-1)7-10-3-4-11-7/h3-4,6,8-9H,1-2,5H2. The fourth-order valence-electron chi connectivity index (χ4n) is 1.23. The van der Waals surface area contributed by atoms with Crippen LogP contribution in [0.15, 0.2) is 11.6 Å². The van der Waals surface area contributed by atoms with Crippen molar-refractivity contribution in [3.8, 4) is 0 Å². The first kappa shape index (κ1) is 7.21. The maximum atomic E-state index is 4.26. The number of piperazine rings is 1. The van der Waals surface area contributed by atoms with Crippen molar-refractivity contribution in [2.45, 2.75) is 6.04 Å². The molecule has 2 N–H and O–H groups in total. The first-order valence-electron chi connectivity index (χ1n) is 3.80. The van der Waals surface area contributed by atoms with Crippen LogP contribution >= 0.6 is 11.3 Å². The summed E-state index contributed by atoms with van der Waals surface area (Å²) in [5, 5.41) is 9.95. The summed E-state index contributed by atoms with van der Waals surface area (Å²) in [6.07, 6.45) is 1.86. The Balaban J connectivity index is 2.04. The molecule has 1 fully saturated rings. The quantitative estimate of drug-likeness (QED) is 0.638. The van der Waals surface area contributed by atoms with Crippen molar-refractivity contribution < 1.29 is 0 Å². The summed E-state index contributed by atoms with van der Waals surface area (Å²) in [6, 6.07) is 0.434. The van der Waals surface area contributed by atoms with Crippen molar-refractivity contribution in [2.75, 3.05) is 19.6 Å². The summed E-state index contributed by atoms with van der Waals surface area (Å²) in [4.78, 5) is 4.26. The maximum Gasteiger partial charge on any atom is 0.111 e. The smallest absolute Gasteiger partial charge is 0.111 e. The normalized spacial score (nSPS) is 25.3. The van der Waals surface area contributed by atoms with Crippen molar-refractivity contribution in [1.29, 1.82) is 0 Å². The van der Waals surface area contributed by atoms with Gasteiger partial charge in [0.2, 0.25) is 0 Å². The van der Waals surface area contributed by atoms with Crippen LogP contribution in [0.25, 0.3) is 0 Å². The van der Waals surface area contributed by atoms with Gasteiger partial charge in [0, 0.05) is 31.2 Å². The van der Waals surface area contributed by atoms with E-state index in [2.05, 4.69) is 15.6 Å². The second-order valence-electron chi connectivity index (χ2n) is 2.58. The third-order valence-corrected chi connectivity index (χ3v) is 2.68. The van der Waals surface area contributed by atoms with Crippen LogP contribution in [-0.2, 0) is 0 Å². The van der Waals surface area contributed by atoms with E-state index in [-0.39, 0.29) is 0 Å². The summed E-state index contributed by atoms with van der Waals surface area (Å²) in [5.74, 6) is 0. The van der Waals surface area contributed by atoms with E-state index in [4.69, 9.17) is 0 Å². The van der Waals surface area contributed by atoms with Crippen molar-refractivity contribution in [2.24, 2.45) is 0 Å². The molecule has 1 saturated heterocycles. The lowest BCUT2D eigenvalue weighted by Gasteiger charge is -2.22. The largest absolute Gasteiger partial charge is 0.313 e. The summed E-state index contributed by atoms with van der Waals surface area (Å²) in [5.41, 5.74) is 0. The van der Waals surface area contributed by atoms with Crippen LogP contribution in [0.5, 0.6) is 0 Å². The van der Waals surface area contributed by atoms with Crippen molar-refractivity contribution in [3.05, 3.63) is 16.6 Å². The van der Waals surface area contributed by atoms with Gasteiger partial charge in [0.05, 0.1) is 6.04 Å². The van der Waals surface area contributed by atoms with Gasteiger partial charge < -0.3 is 10.6 Å². The van der Waals surface area contributed by atoms with Crippen molar-refractivity contribution >= 4 is 11.3 Å². The Hall–Kier alpha value is -0.450. The van der Waals surface area contributed by atoms with Crippen LogP contribution < -0.4 is 10.6 Å². The molecule has 2 rings (SSSR count). The molecule has 60 valence electrons. The monoisotopic (exact) mass is 169 g/mol. The molecule has 0 radical (unpaired) electrons. The van der Waals surface area contributed by atoms with Crippen molar-refractivity contribution in [3.63, 3.8) is 0 Å². The molecule has 0 spiro atoms. The lowest BCUT2D eigenvalue weighted by Crippen LogP contribution is -2.42. The van der Waals surface area contributed by atoms with Crippen LogP contribution in [0.2, 0.25) is 0 Å². The molecule has 2 heterocycles. The highest BCUT2D eigenvalue weighted by Crippen LogP contribution is 2.15. The summed E-state index contributed by atoms with van der Waals surface area (Å²) < 4.78 is 0. The first-order valence-corrected chi connectivity index (χ1v) is 4.68. The van der Waals surface area contributed by atoms with E-state index in [0.29, 0.717) is 6.04 Å². The highest BCUT2D eigenvalue weighted by atomic mass is 32.1. The number of aromatic nitrogens is 1. The minimum absolute atomic E-state index is 0.434. The van der Waals surface area contributed by atoms with Gasteiger partial charge in [-0.25, -0.2) is 4.98 Å². The molecule has 1 aliphatic heterocycles. The predicted octanol–water partition coefficient (Wildman–Crippen LogP) is 0.377. The van der Waals surface area contributed by atoms with Gasteiger partial charge in [-0.1, -0.05) is 0 Å². The zero-order valence-electron chi connectivity index (χ0n) is 6.21. The van der Waals surface area contributed by atoms with Crippen molar-refractivity contribution in [1.82, 2.24) is 15.6 Å². The average molecular weight is 169 g/mol. The van der Waals surface area contributed by atoms with Gasteiger partial charge in [-0.3, -0.25) is 0 Å². The zero-order valence-corrected chi connectivity index (χ0v) is 7.03. The van der Waals surface area contributed by atoms with E-state index >= 15 is 0 Å². The lowest BCUT2D eigenvalue weighted by molar-refractivity contribution is 0.429. The van der Waals surface area contributed by atoms with E-state index in [1.54, 1.807) is 11.3 Å². The zero-order chi connectivity index (χ0) is 7.52. The molecule has 1 aromatic rings. The second kappa shape index (κ2) is 3.30. The van der Waals surface area contributed by atoms with Gasteiger partial charge in [-0.2, -0.15) is 0 Å². The summed E-state index contributed by atoms with van der Waals surface area (Å²) in [6.45, 7) is 3.12. The molecular weight excluding hydrogens is 158 g/mol. The minimum Gasteiger partial charge on any atom is -0.313 e. The van der Waals surface area contributed by atoms with E-state index in [1.807, 2.05) is 11.6 Å². The average Bonchev–Trinajstić information content (AvgIpc) is 2.58. The van der Waals surface area contributed by atoms with Gasteiger partial charge in [-0.05, 0) is 0 Å². The highest BCUT2D eigenvalue weighted by molar-refractivity contribution is 7.09. The Morgan fingerprint density at radius 3 is 3.18 bits per heavy atom. The molecule has 0 bridgehead atoms.